The number of aliphatic hydroxyl groups is 1. The first kappa shape index (κ1) is 10.8. The van der Waals surface area contributed by atoms with Gasteiger partial charge in [-0.25, -0.2) is 0 Å². The summed E-state index contributed by atoms with van der Waals surface area (Å²) in [7, 11) is 1.63. The minimum Gasteiger partial charge on any atom is -0.496 e. The van der Waals surface area contributed by atoms with Crippen LogP contribution in [0.1, 0.15) is 23.0 Å². The average molecular weight is 218 g/mol. The molecule has 3 nitrogen and oxygen atoms in total. The summed E-state index contributed by atoms with van der Waals surface area (Å²) in [5.74, 6) is 1.36. The molecule has 1 aromatic heterocycles. The Morgan fingerprint density at radius 3 is 2.69 bits per heavy atom. The van der Waals surface area contributed by atoms with Gasteiger partial charge in [0.1, 0.15) is 17.6 Å². The van der Waals surface area contributed by atoms with Crippen molar-refractivity contribution in [2.75, 3.05) is 7.11 Å². The predicted molar refractivity (Wildman–Crippen MR) is 60.5 cm³/mol. The number of furan rings is 1. The summed E-state index contributed by atoms with van der Waals surface area (Å²) < 4.78 is 10.3. The number of hydrogen-bond acceptors (Lipinski definition) is 3. The monoisotopic (exact) mass is 218 g/mol. The number of methoxy groups -OCH3 is 1. The summed E-state index contributed by atoms with van der Waals surface area (Å²) in [6.45, 7) is 1.94. The highest BCUT2D eigenvalue weighted by molar-refractivity contribution is 5.38. The number of aliphatic hydroxyl groups excluding tert-OH is 1. The molecule has 16 heavy (non-hydrogen) atoms. The maximum absolute atomic E-state index is 10.0. The van der Waals surface area contributed by atoms with Gasteiger partial charge in [0.15, 0.2) is 0 Å². The van der Waals surface area contributed by atoms with Crippen LogP contribution in [-0.4, -0.2) is 12.2 Å². The SMILES string of the molecule is COc1ccc(C(O)c2ccco2)cc1C. The van der Waals surface area contributed by atoms with Crippen molar-refractivity contribution in [1.82, 2.24) is 0 Å². The van der Waals surface area contributed by atoms with Crippen LogP contribution in [0.25, 0.3) is 0 Å². The lowest BCUT2D eigenvalue weighted by molar-refractivity contribution is 0.189. The van der Waals surface area contributed by atoms with Crippen molar-refractivity contribution >= 4 is 0 Å². The zero-order chi connectivity index (χ0) is 11.5. The molecule has 0 saturated heterocycles. The molecule has 0 aliphatic carbocycles. The molecule has 0 saturated carbocycles. The molecule has 0 bridgehead atoms. The van der Waals surface area contributed by atoms with E-state index in [0.717, 1.165) is 16.9 Å². The third-order valence-corrected chi connectivity index (χ3v) is 2.55. The van der Waals surface area contributed by atoms with E-state index in [1.54, 1.807) is 25.5 Å². The number of ether oxygens (including phenoxy) is 1. The van der Waals surface area contributed by atoms with Gasteiger partial charge in [0.25, 0.3) is 0 Å². The quantitative estimate of drug-likeness (QED) is 0.861. The first-order valence-electron chi connectivity index (χ1n) is 5.08. The largest absolute Gasteiger partial charge is 0.496 e. The Labute approximate surface area is 94.3 Å². The van der Waals surface area contributed by atoms with Gasteiger partial charge in [0, 0.05) is 0 Å². The highest BCUT2D eigenvalue weighted by atomic mass is 16.5. The molecule has 0 aliphatic rings. The molecule has 1 N–H and O–H groups in total. The van der Waals surface area contributed by atoms with Gasteiger partial charge >= 0.3 is 0 Å². The van der Waals surface area contributed by atoms with E-state index in [1.165, 1.54) is 0 Å². The first-order chi connectivity index (χ1) is 7.72. The van der Waals surface area contributed by atoms with Crippen molar-refractivity contribution in [3.05, 3.63) is 53.5 Å². The molecule has 0 aliphatic heterocycles. The Balaban J connectivity index is 2.31. The van der Waals surface area contributed by atoms with Gasteiger partial charge in [-0.1, -0.05) is 6.07 Å². The molecule has 1 aromatic carbocycles. The molecule has 1 heterocycles. The van der Waals surface area contributed by atoms with Gasteiger partial charge in [0.05, 0.1) is 13.4 Å². The van der Waals surface area contributed by atoms with Crippen LogP contribution in [0.2, 0.25) is 0 Å². The van der Waals surface area contributed by atoms with E-state index in [9.17, 15) is 5.11 Å². The molecule has 2 aromatic rings. The third-order valence-electron chi connectivity index (χ3n) is 2.55. The van der Waals surface area contributed by atoms with E-state index >= 15 is 0 Å². The molecule has 3 heteroatoms. The number of rotatable bonds is 3. The summed E-state index contributed by atoms with van der Waals surface area (Å²) >= 11 is 0. The fourth-order valence-corrected chi connectivity index (χ4v) is 1.68. The van der Waals surface area contributed by atoms with Crippen LogP contribution in [0.15, 0.2) is 41.0 Å². The van der Waals surface area contributed by atoms with Crippen LogP contribution in [0.4, 0.5) is 0 Å². The highest BCUT2D eigenvalue weighted by Crippen LogP contribution is 2.26. The Morgan fingerprint density at radius 2 is 2.12 bits per heavy atom. The zero-order valence-electron chi connectivity index (χ0n) is 9.31. The Kier molecular flexibility index (Phi) is 2.97. The summed E-state index contributed by atoms with van der Waals surface area (Å²) in [6.07, 6.45) is 0.828. The molecule has 84 valence electrons. The van der Waals surface area contributed by atoms with Gasteiger partial charge in [-0.2, -0.15) is 0 Å². The smallest absolute Gasteiger partial charge is 0.137 e. The minimum absolute atomic E-state index is 0.546. The second kappa shape index (κ2) is 4.41. The van der Waals surface area contributed by atoms with Crippen LogP contribution >= 0.6 is 0 Å². The van der Waals surface area contributed by atoms with Crippen molar-refractivity contribution < 1.29 is 14.3 Å². The molecular formula is C13H14O3. The fourth-order valence-electron chi connectivity index (χ4n) is 1.68. The van der Waals surface area contributed by atoms with Crippen LogP contribution < -0.4 is 4.74 Å². The normalized spacial score (nSPS) is 12.4. The second-order valence-electron chi connectivity index (χ2n) is 3.65. The standard InChI is InChI=1S/C13H14O3/c1-9-8-10(5-6-11(9)15-2)13(14)12-4-3-7-16-12/h3-8,13-14H,1-2H3. The van der Waals surface area contributed by atoms with E-state index in [2.05, 4.69) is 0 Å². The number of benzene rings is 1. The van der Waals surface area contributed by atoms with E-state index in [1.807, 2.05) is 25.1 Å². The van der Waals surface area contributed by atoms with Crippen molar-refractivity contribution in [2.24, 2.45) is 0 Å². The summed E-state index contributed by atoms with van der Waals surface area (Å²) in [6, 6.07) is 9.08. The maximum Gasteiger partial charge on any atom is 0.137 e. The Hall–Kier alpha value is -1.74. The van der Waals surface area contributed by atoms with Gasteiger partial charge in [0.2, 0.25) is 0 Å². The van der Waals surface area contributed by atoms with Crippen molar-refractivity contribution in [3.63, 3.8) is 0 Å². The van der Waals surface area contributed by atoms with Gasteiger partial charge in [-0.3, -0.25) is 0 Å². The molecule has 0 amide bonds. The minimum atomic E-state index is -0.723. The molecule has 0 spiro atoms. The van der Waals surface area contributed by atoms with Crippen LogP contribution in [0.3, 0.4) is 0 Å². The average Bonchev–Trinajstić information content (AvgIpc) is 2.81. The lowest BCUT2D eigenvalue weighted by Gasteiger charge is -2.11. The van der Waals surface area contributed by atoms with Crippen molar-refractivity contribution in [3.8, 4) is 5.75 Å². The van der Waals surface area contributed by atoms with Crippen molar-refractivity contribution in [1.29, 1.82) is 0 Å². The molecule has 1 unspecified atom stereocenters. The lowest BCUT2D eigenvalue weighted by atomic mass is 10.0. The summed E-state index contributed by atoms with van der Waals surface area (Å²) in [4.78, 5) is 0. The predicted octanol–water partition coefficient (Wildman–Crippen LogP) is 2.68. The highest BCUT2D eigenvalue weighted by Gasteiger charge is 2.13. The molecule has 0 radical (unpaired) electrons. The van der Waals surface area contributed by atoms with E-state index < -0.39 is 6.10 Å². The lowest BCUT2D eigenvalue weighted by Crippen LogP contribution is -1.99. The van der Waals surface area contributed by atoms with E-state index in [-0.39, 0.29) is 0 Å². The van der Waals surface area contributed by atoms with Crippen molar-refractivity contribution in [2.45, 2.75) is 13.0 Å². The zero-order valence-corrected chi connectivity index (χ0v) is 9.31. The number of hydrogen-bond donors (Lipinski definition) is 1. The first-order valence-corrected chi connectivity index (χ1v) is 5.08. The van der Waals surface area contributed by atoms with Gasteiger partial charge in [-0.05, 0) is 42.3 Å². The molecule has 0 fully saturated rings. The van der Waals surface area contributed by atoms with Gasteiger partial charge in [-0.15, -0.1) is 0 Å². The van der Waals surface area contributed by atoms with Gasteiger partial charge < -0.3 is 14.3 Å². The molecule has 1 atom stereocenters. The Morgan fingerprint density at radius 1 is 1.31 bits per heavy atom. The fraction of sp³-hybridized carbons (Fsp3) is 0.231. The Bertz CT molecular complexity index is 460. The topological polar surface area (TPSA) is 42.6 Å². The number of aryl methyl sites for hydroxylation is 1. The third kappa shape index (κ3) is 1.95. The van der Waals surface area contributed by atoms with Crippen LogP contribution in [0.5, 0.6) is 5.75 Å². The summed E-state index contributed by atoms with van der Waals surface area (Å²) in [5.41, 5.74) is 1.79. The molecule has 2 rings (SSSR count). The second-order valence-corrected chi connectivity index (χ2v) is 3.65. The van der Waals surface area contributed by atoms with Crippen LogP contribution in [-0.2, 0) is 0 Å². The van der Waals surface area contributed by atoms with Crippen LogP contribution in [0, 0.1) is 6.92 Å². The van der Waals surface area contributed by atoms with E-state index in [0.29, 0.717) is 5.76 Å². The summed E-state index contributed by atoms with van der Waals surface area (Å²) in [5, 5.41) is 10.0. The molecular weight excluding hydrogens is 204 g/mol. The van der Waals surface area contributed by atoms with E-state index in [4.69, 9.17) is 9.15 Å². The maximum atomic E-state index is 10.0.